The quantitative estimate of drug-likeness (QED) is 0.725. The molecule has 3 aromatic rings. The minimum Gasteiger partial charge on any atom is -0.349 e. The first-order valence-electron chi connectivity index (χ1n) is 9.02. The summed E-state index contributed by atoms with van der Waals surface area (Å²) in [5.41, 5.74) is 4.53. The lowest BCUT2D eigenvalue weighted by Gasteiger charge is -2.14. The van der Waals surface area contributed by atoms with Gasteiger partial charge in [0.05, 0.1) is 22.6 Å². The van der Waals surface area contributed by atoms with Crippen LogP contribution in [0, 0.1) is 13.8 Å². The van der Waals surface area contributed by atoms with Crippen molar-refractivity contribution in [1.82, 2.24) is 15.1 Å². The summed E-state index contributed by atoms with van der Waals surface area (Å²) >= 11 is 0. The third kappa shape index (κ3) is 4.02. The van der Waals surface area contributed by atoms with Gasteiger partial charge in [0.1, 0.15) is 0 Å². The van der Waals surface area contributed by atoms with E-state index in [9.17, 15) is 4.79 Å². The van der Waals surface area contributed by atoms with Crippen LogP contribution in [-0.2, 0) is 6.42 Å². The van der Waals surface area contributed by atoms with Crippen molar-refractivity contribution in [2.75, 3.05) is 0 Å². The average Bonchev–Trinajstić information content (AvgIpc) is 2.96. The highest BCUT2D eigenvalue weighted by Crippen LogP contribution is 2.18. The van der Waals surface area contributed by atoms with Gasteiger partial charge in [-0.05, 0) is 51.3 Å². The summed E-state index contributed by atoms with van der Waals surface area (Å²) in [6.07, 6.45) is 1.85. The molecule has 1 heterocycles. The molecule has 0 aliphatic heterocycles. The fourth-order valence-corrected chi connectivity index (χ4v) is 3.19. The first kappa shape index (κ1) is 17.9. The molecule has 4 heteroatoms. The predicted molar refractivity (Wildman–Crippen MR) is 105 cm³/mol. The maximum atomic E-state index is 12.8. The van der Waals surface area contributed by atoms with Gasteiger partial charge in [0.2, 0.25) is 0 Å². The molecule has 3 rings (SSSR count). The third-order valence-corrected chi connectivity index (χ3v) is 4.61. The third-order valence-electron chi connectivity index (χ3n) is 4.61. The first-order chi connectivity index (χ1) is 12.6. The molecule has 0 unspecified atom stereocenters. The van der Waals surface area contributed by atoms with Gasteiger partial charge in [-0.1, -0.05) is 48.5 Å². The Balaban J connectivity index is 1.69. The van der Waals surface area contributed by atoms with Crippen LogP contribution in [0.1, 0.15) is 40.7 Å². The Hall–Kier alpha value is -2.88. The van der Waals surface area contributed by atoms with Crippen LogP contribution in [0.5, 0.6) is 0 Å². The highest BCUT2D eigenvalue weighted by Gasteiger charge is 2.20. The number of carbonyl (C=O) groups is 1. The monoisotopic (exact) mass is 347 g/mol. The van der Waals surface area contributed by atoms with Crippen LogP contribution in [0.15, 0.2) is 60.7 Å². The van der Waals surface area contributed by atoms with Crippen LogP contribution in [0.25, 0.3) is 5.69 Å². The number of carbonyl (C=O) groups excluding carboxylic acids is 1. The minimum atomic E-state index is -0.0530. The Morgan fingerprint density at radius 3 is 2.31 bits per heavy atom. The number of hydrogen-bond donors (Lipinski definition) is 1. The summed E-state index contributed by atoms with van der Waals surface area (Å²) in [4.78, 5) is 12.8. The molecule has 0 bridgehead atoms. The van der Waals surface area contributed by atoms with E-state index in [1.54, 1.807) is 0 Å². The van der Waals surface area contributed by atoms with E-state index in [1.165, 1.54) is 5.56 Å². The standard InChI is InChI=1S/C22H25N3O/c1-16(14-15-19-10-6-4-7-11-19)23-22(26)21-17(2)24-25(18(21)3)20-12-8-5-9-13-20/h4-13,16H,14-15H2,1-3H3,(H,23,26)/t16-/m0/s1. The van der Waals surface area contributed by atoms with Crippen molar-refractivity contribution in [3.8, 4) is 5.69 Å². The molecule has 26 heavy (non-hydrogen) atoms. The number of rotatable bonds is 6. The molecule has 4 nitrogen and oxygen atoms in total. The zero-order valence-corrected chi connectivity index (χ0v) is 15.6. The zero-order valence-electron chi connectivity index (χ0n) is 15.6. The molecule has 2 aromatic carbocycles. The second-order valence-electron chi connectivity index (χ2n) is 6.69. The Kier molecular flexibility index (Phi) is 5.52. The summed E-state index contributed by atoms with van der Waals surface area (Å²) in [5.74, 6) is -0.0530. The molecular formula is C22H25N3O. The zero-order chi connectivity index (χ0) is 18.5. The predicted octanol–water partition coefficient (Wildman–Crippen LogP) is 4.24. The number of aromatic nitrogens is 2. The number of aryl methyl sites for hydroxylation is 2. The van der Waals surface area contributed by atoms with E-state index < -0.39 is 0 Å². The molecule has 1 amide bonds. The van der Waals surface area contributed by atoms with Gasteiger partial charge in [-0.25, -0.2) is 4.68 Å². The summed E-state index contributed by atoms with van der Waals surface area (Å²) in [6.45, 7) is 5.87. The van der Waals surface area contributed by atoms with Crippen LogP contribution in [-0.4, -0.2) is 21.7 Å². The first-order valence-corrected chi connectivity index (χ1v) is 9.02. The molecular weight excluding hydrogens is 322 g/mol. The van der Waals surface area contributed by atoms with Crippen LogP contribution in [0.2, 0.25) is 0 Å². The van der Waals surface area contributed by atoms with Crippen molar-refractivity contribution in [3.63, 3.8) is 0 Å². The van der Waals surface area contributed by atoms with Crippen molar-refractivity contribution >= 4 is 5.91 Å². The second kappa shape index (κ2) is 8.00. The fourth-order valence-electron chi connectivity index (χ4n) is 3.19. The van der Waals surface area contributed by atoms with E-state index in [1.807, 2.05) is 74.0 Å². The summed E-state index contributed by atoms with van der Waals surface area (Å²) in [7, 11) is 0. The van der Waals surface area contributed by atoms with E-state index in [-0.39, 0.29) is 11.9 Å². The van der Waals surface area contributed by atoms with Crippen molar-refractivity contribution < 1.29 is 4.79 Å². The molecule has 0 spiro atoms. The molecule has 0 saturated carbocycles. The van der Waals surface area contributed by atoms with Crippen LogP contribution in [0.3, 0.4) is 0 Å². The van der Waals surface area contributed by atoms with Gasteiger partial charge in [-0.3, -0.25) is 4.79 Å². The van der Waals surface area contributed by atoms with Crippen LogP contribution >= 0.6 is 0 Å². The number of para-hydroxylation sites is 1. The van der Waals surface area contributed by atoms with Crippen molar-refractivity contribution in [3.05, 3.63) is 83.2 Å². The number of benzene rings is 2. The topological polar surface area (TPSA) is 46.9 Å². The lowest BCUT2D eigenvalue weighted by atomic mass is 10.1. The fraction of sp³-hybridized carbons (Fsp3) is 0.273. The molecule has 0 radical (unpaired) electrons. The van der Waals surface area contributed by atoms with Crippen LogP contribution < -0.4 is 5.32 Å². The molecule has 1 aromatic heterocycles. The molecule has 0 aliphatic carbocycles. The lowest BCUT2D eigenvalue weighted by molar-refractivity contribution is 0.0937. The van der Waals surface area contributed by atoms with E-state index in [0.717, 1.165) is 29.9 Å². The highest BCUT2D eigenvalue weighted by molar-refractivity contribution is 5.96. The molecule has 1 N–H and O–H groups in total. The number of hydrogen-bond acceptors (Lipinski definition) is 2. The second-order valence-corrected chi connectivity index (χ2v) is 6.69. The maximum absolute atomic E-state index is 12.8. The molecule has 0 saturated heterocycles. The molecule has 134 valence electrons. The van der Waals surface area contributed by atoms with Gasteiger partial charge >= 0.3 is 0 Å². The van der Waals surface area contributed by atoms with Gasteiger partial charge in [-0.15, -0.1) is 0 Å². The van der Waals surface area contributed by atoms with E-state index in [4.69, 9.17) is 0 Å². The Morgan fingerprint density at radius 2 is 1.65 bits per heavy atom. The summed E-state index contributed by atoms with van der Waals surface area (Å²) in [6, 6.07) is 20.3. The Bertz CT molecular complexity index is 869. The highest BCUT2D eigenvalue weighted by atomic mass is 16.1. The van der Waals surface area contributed by atoms with Crippen molar-refractivity contribution in [2.45, 2.75) is 39.7 Å². The van der Waals surface area contributed by atoms with Gasteiger partial charge in [0, 0.05) is 6.04 Å². The average molecular weight is 347 g/mol. The molecule has 0 fully saturated rings. The lowest BCUT2D eigenvalue weighted by Crippen LogP contribution is -2.33. The summed E-state index contributed by atoms with van der Waals surface area (Å²) in [5, 5.41) is 7.68. The summed E-state index contributed by atoms with van der Waals surface area (Å²) < 4.78 is 1.83. The van der Waals surface area contributed by atoms with E-state index in [2.05, 4.69) is 22.5 Å². The Morgan fingerprint density at radius 1 is 1.04 bits per heavy atom. The number of nitrogens with one attached hydrogen (secondary N) is 1. The molecule has 1 atom stereocenters. The minimum absolute atomic E-state index is 0.0530. The van der Waals surface area contributed by atoms with Crippen molar-refractivity contribution in [2.24, 2.45) is 0 Å². The van der Waals surface area contributed by atoms with E-state index >= 15 is 0 Å². The SMILES string of the molecule is Cc1nn(-c2ccccc2)c(C)c1C(=O)N[C@@H](C)CCc1ccccc1. The smallest absolute Gasteiger partial charge is 0.255 e. The van der Waals surface area contributed by atoms with Gasteiger partial charge in [0.25, 0.3) is 5.91 Å². The van der Waals surface area contributed by atoms with Gasteiger partial charge in [0.15, 0.2) is 0 Å². The van der Waals surface area contributed by atoms with E-state index in [0.29, 0.717) is 5.56 Å². The Labute approximate surface area is 154 Å². The van der Waals surface area contributed by atoms with Crippen LogP contribution in [0.4, 0.5) is 0 Å². The maximum Gasteiger partial charge on any atom is 0.255 e. The normalized spacial score (nSPS) is 12.0. The molecule has 0 aliphatic rings. The number of amides is 1. The largest absolute Gasteiger partial charge is 0.349 e. The van der Waals surface area contributed by atoms with Gasteiger partial charge in [-0.2, -0.15) is 5.10 Å². The number of nitrogens with zero attached hydrogens (tertiary/aromatic N) is 2. The van der Waals surface area contributed by atoms with Gasteiger partial charge < -0.3 is 5.32 Å². The van der Waals surface area contributed by atoms with Crippen molar-refractivity contribution in [1.29, 1.82) is 0 Å².